The lowest BCUT2D eigenvalue weighted by molar-refractivity contribution is -0.122. The van der Waals surface area contributed by atoms with E-state index in [0.717, 1.165) is 11.1 Å². The van der Waals surface area contributed by atoms with Crippen LogP contribution in [0.3, 0.4) is 0 Å². The van der Waals surface area contributed by atoms with Crippen molar-refractivity contribution >= 4 is 46.4 Å². The zero-order valence-corrected chi connectivity index (χ0v) is 24.5. The van der Waals surface area contributed by atoms with Gasteiger partial charge >= 0.3 is 0 Å². The Kier molecular flexibility index (Phi) is 9.76. The minimum atomic E-state index is -0.707. The second-order valence-corrected chi connectivity index (χ2v) is 10.3. The highest BCUT2D eigenvalue weighted by atomic mass is 35.5. The van der Waals surface area contributed by atoms with Gasteiger partial charge < -0.3 is 24.8 Å². The van der Waals surface area contributed by atoms with Crippen molar-refractivity contribution in [2.75, 3.05) is 10.6 Å². The number of hydrogen-bond acceptors (Lipinski definition) is 5. The van der Waals surface area contributed by atoms with E-state index < -0.39 is 12.2 Å². The quantitative estimate of drug-likeness (QED) is 0.194. The molecule has 0 aromatic heterocycles. The lowest BCUT2D eigenvalue weighted by Gasteiger charge is -2.17. The number of halogens is 2. The van der Waals surface area contributed by atoms with Crippen LogP contribution in [-0.2, 0) is 9.59 Å². The summed E-state index contributed by atoms with van der Waals surface area (Å²) in [5.41, 5.74) is 2.91. The molecule has 0 bridgehead atoms. The van der Waals surface area contributed by atoms with E-state index in [1.165, 1.54) is 0 Å². The second-order valence-electron chi connectivity index (χ2n) is 9.47. The van der Waals surface area contributed by atoms with Gasteiger partial charge in [0.2, 0.25) is 0 Å². The molecule has 0 heterocycles. The van der Waals surface area contributed by atoms with Crippen molar-refractivity contribution in [1.82, 2.24) is 0 Å². The standard InChI is InChI=1S/C32H30Cl2N2O5/c1-19-17-23(33)5-15-29(19)39-21(3)31(37)35-25-7-11-27(12-8-25)41-28-13-9-26(10-14-28)36-32(38)22(4)40-30-16-6-24(34)18-20(30)2/h5-18,21-22H,1-4H3,(H,35,37)(H,36,38). The van der Waals surface area contributed by atoms with Crippen molar-refractivity contribution in [3.63, 3.8) is 0 Å². The van der Waals surface area contributed by atoms with Crippen LogP contribution in [0.25, 0.3) is 0 Å². The second kappa shape index (κ2) is 13.4. The van der Waals surface area contributed by atoms with Gasteiger partial charge in [-0.25, -0.2) is 0 Å². The van der Waals surface area contributed by atoms with Gasteiger partial charge in [0, 0.05) is 21.4 Å². The summed E-state index contributed by atoms with van der Waals surface area (Å²) in [5.74, 6) is 1.80. The van der Waals surface area contributed by atoms with Gasteiger partial charge in [0.15, 0.2) is 12.2 Å². The summed E-state index contributed by atoms with van der Waals surface area (Å²) < 4.78 is 17.5. The highest BCUT2D eigenvalue weighted by Gasteiger charge is 2.17. The maximum atomic E-state index is 12.6. The number of ether oxygens (including phenoxy) is 3. The van der Waals surface area contributed by atoms with E-state index in [1.807, 2.05) is 13.8 Å². The molecular weight excluding hydrogens is 563 g/mol. The van der Waals surface area contributed by atoms with Crippen LogP contribution >= 0.6 is 23.2 Å². The number of nitrogens with one attached hydrogen (secondary N) is 2. The minimum Gasteiger partial charge on any atom is -0.481 e. The molecule has 0 radical (unpaired) electrons. The molecule has 2 amide bonds. The molecule has 0 saturated heterocycles. The Labute approximate surface area is 249 Å². The number of amides is 2. The average Bonchev–Trinajstić information content (AvgIpc) is 2.93. The van der Waals surface area contributed by atoms with E-state index in [0.29, 0.717) is 44.4 Å². The number of hydrogen-bond donors (Lipinski definition) is 2. The fraction of sp³-hybridized carbons (Fsp3) is 0.188. The third-order valence-corrected chi connectivity index (χ3v) is 6.57. The van der Waals surface area contributed by atoms with E-state index in [-0.39, 0.29) is 11.8 Å². The first-order chi connectivity index (χ1) is 19.6. The number of rotatable bonds is 10. The number of carbonyl (C=O) groups is 2. The first-order valence-electron chi connectivity index (χ1n) is 12.9. The van der Waals surface area contributed by atoms with Crippen molar-refractivity contribution in [3.05, 3.63) is 106 Å². The van der Waals surface area contributed by atoms with Crippen LogP contribution in [0.5, 0.6) is 23.0 Å². The fourth-order valence-electron chi connectivity index (χ4n) is 3.81. The van der Waals surface area contributed by atoms with Crippen LogP contribution in [0.1, 0.15) is 25.0 Å². The Morgan fingerprint density at radius 3 is 1.32 bits per heavy atom. The van der Waals surface area contributed by atoms with E-state index in [4.69, 9.17) is 37.4 Å². The summed E-state index contributed by atoms with van der Waals surface area (Å²) in [6.45, 7) is 7.10. The van der Waals surface area contributed by atoms with Crippen LogP contribution < -0.4 is 24.8 Å². The van der Waals surface area contributed by atoms with Gasteiger partial charge in [-0.1, -0.05) is 23.2 Å². The molecular formula is C32H30Cl2N2O5. The zero-order valence-electron chi connectivity index (χ0n) is 23.0. The highest BCUT2D eigenvalue weighted by molar-refractivity contribution is 6.31. The minimum absolute atomic E-state index is 0.284. The van der Waals surface area contributed by atoms with Gasteiger partial charge in [0.1, 0.15) is 23.0 Å². The van der Waals surface area contributed by atoms with Gasteiger partial charge in [-0.2, -0.15) is 0 Å². The molecule has 0 saturated carbocycles. The summed E-state index contributed by atoms with van der Waals surface area (Å²) in [6.07, 6.45) is -1.41. The molecule has 212 valence electrons. The molecule has 0 spiro atoms. The van der Waals surface area contributed by atoms with Crippen LogP contribution in [-0.4, -0.2) is 24.0 Å². The number of benzene rings is 4. The molecule has 0 aliphatic rings. The highest BCUT2D eigenvalue weighted by Crippen LogP contribution is 2.27. The van der Waals surface area contributed by atoms with Gasteiger partial charge in [0.05, 0.1) is 0 Å². The summed E-state index contributed by atoms with van der Waals surface area (Å²) in [6, 6.07) is 24.4. The van der Waals surface area contributed by atoms with Crippen molar-refractivity contribution in [3.8, 4) is 23.0 Å². The molecule has 4 rings (SSSR count). The first kappa shape index (κ1) is 29.8. The number of aryl methyl sites for hydroxylation is 2. The SMILES string of the molecule is Cc1cc(Cl)ccc1OC(C)C(=O)Nc1ccc(Oc2ccc(NC(=O)C(C)Oc3ccc(Cl)cc3C)cc2)cc1. The molecule has 7 nitrogen and oxygen atoms in total. The van der Waals surface area contributed by atoms with Crippen LogP contribution in [0.15, 0.2) is 84.9 Å². The molecule has 2 unspecified atom stereocenters. The van der Waals surface area contributed by atoms with Crippen LogP contribution in [0.4, 0.5) is 11.4 Å². The summed E-state index contributed by atoms with van der Waals surface area (Å²) >= 11 is 12.0. The zero-order chi connectivity index (χ0) is 29.5. The monoisotopic (exact) mass is 592 g/mol. The third kappa shape index (κ3) is 8.39. The topological polar surface area (TPSA) is 85.9 Å². The van der Waals surface area contributed by atoms with Crippen LogP contribution in [0, 0.1) is 13.8 Å². The molecule has 0 aliphatic heterocycles. The smallest absolute Gasteiger partial charge is 0.265 e. The molecule has 0 aliphatic carbocycles. The van der Waals surface area contributed by atoms with Gasteiger partial charge in [-0.05, 0) is 124 Å². The maximum Gasteiger partial charge on any atom is 0.265 e. The Bertz CT molecular complexity index is 1410. The normalized spacial score (nSPS) is 12.1. The maximum absolute atomic E-state index is 12.6. The van der Waals surface area contributed by atoms with Crippen molar-refractivity contribution in [1.29, 1.82) is 0 Å². The first-order valence-corrected chi connectivity index (χ1v) is 13.7. The summed E-state index contributed by atoms with van der Waals surface area (Å²) in [5, 5.41) is 6.89. The lowest BCUT2D eigenvalue weighted by Crippen LogP contribution is -2.30. The predicted molar refractivity (Wildman–Crippen MR) is 163 cm³/mol. The molecule has 4 aromatic rings. The van der Waals surface area contributed by atoms with E-state index in [9.17, 15) is 9.59 Å². The largest absolute Gasteiger partial charge is 0.481 e. The Balaban J connectivity index is 1.27. The van der Waals surface area contributed by atoms with Crippen molar-refractivity contribution < 1.29 is 23.8 Å². The van der Waals surface area contributed by atoms with Crippen molar-refractivity contribution in [2.45, 2.75) is 39.9 Å². The third-order valence-electron chi connectivity index (χ3n) is 6.10. The van der Waals surface area contributed by atoms with E-state index in [1.54, 1.807) is 98.8 Å². The molecule has 0 fully saturated rings. The van der Waals surface area contributed by atoms with E-state index in [2.05, 4.69) is 10.6 Å². The van der Waals surface area contributed by atoms with Gasteiger partial charge in [0.25, 0.3) is 11.8 Å². The summed E-state index contributed by atoms with van der Waals surface area (Å²) in [4.78, 5) is 25.2. The molecule has 4 aromatic carbocycles. The molecule has 2 N–H and O–H groups in total. The number of anilines is 2. The molecule has 9 heteroatoms. The Morgan fingerprint density at radius 1 is 0.610 bits per heavy atom. The van der Waals surface area contributed by atoms with Crippen molar-refractivity contribution in [2.24, 2.45) is 0 Å². The Hall–Kier alpha value is -4.20. The lowest BCUT2D eigenvalue weighted by atomic mass is 10.2. The molecule has 41 heavy (non-hydrogen) atoms. The fourth-order valence-corrected chi connectivity index (χ4v) is 4.27. The Morgan fingerprint density at radius 2 is 0.976 bits per heavy atom. The van der Waals surface area contributed by atoms with E-state index >= 15 is 0 Å². The average molecular weight is 594 g/mol. The van der Waals surface area contributed by atoms with Gasteiger partial charge in [-0.15, -0.1) is 0 Å². The summed E-state index contributed by atoms with van der Waals surface area (Å²) in [7, 11) is 0. The van der Waals surface area contributed by atoms with Crippen LogP contribution in [0.2, 0.25) is 10.0 Å². The van der Waals surface area contributed by atoms with Gasteiger partial charge in [-0.3, -0.25) is 9.59 Å². The number of carbonyl (C=O) groups excluding carboxylic acids is 2. The predicted octanol–water partition coefficient (Wildman–Crippen LogP) is 8.21. The molecule has 2 atom stereocenters.